The molecule has 3 nitrogen and oxygen atoms in total. The highest BCUT2D eigenvalue weighted by Crippen LogP contribution is 2.60. The summed E-state index contributed by atoms with van der Waals surface area (Å²) in [6.45, 7) is 4.57. The van der Waals surface area contributed by atoms with Crippen LogP contribution in [0.4, 0.5) is 0 Å². The van der Waals surface area contributed by atoms with Gasteiger partial charge in [-0.3, -0.25) is 0 Å². The fourth-order valence-corrected chi connectivity index (χ4v) is 4.23. The summed E-state index contributed by atoms with van der Waals surface area (Å²) in [5.41, 5.74) is 0.622. The summed E-state index contributed by atoms with van der Waals surface area (Å²) >= 11 is 0. The van der Waals surface area contributed by atoms with Gasteiger partial charge in [0, 0.05) is 13.1 Å². The van der Waals surface area contributed by atoms with Crippen molar-refractivity contribution in [3.05, 3.63) is 0 Å². The van der Waals surface area contributed by atoms with Crippen LogP contribution in [0.1, 0.15) is 64.7 Å². The number of rotatable bonds is 9. The minimum absolute atomic E-state index is 0.348. The Morgan fingerprint density at radius 1 is 1.19 bits per heavy atom. The van der Waals surface area contributed by atoms with Gasteiger partial charge in [0.1, 0.15) is 0 Å². The summed E-state index contributed by atoms with van der Waals surface area (Å²) in [6.07, 6.45) is 12.1. The van der Waals surface area contributed by atoms with E-state index < -0.39 is 0 Å². The Morgan fingerprint density at radius 2 is 1.95 bits per heavy atom. The molecule has 21 heavy (non-hydrogen) atoms. The summed E-state index contributed by atoms with van der Waals surface area (Å²) in [6, 6.07) is 0. The van der Waals surface area contributed by atoms with Crippen molar-refractivity contribution < 1.29 is 9.84 Å². The number of hydrogen-bond donors (Lipinski definition) is 2. The van der Waals surface area contributed by atoms with E-state index in [1.54, 1.807) is 0 Å². The quantitative estimate of drug-likeness (QED) is 0.687. The van der Waals surface area contributed by atoms with Gasteiger partial charge in [-0.2, -0.15) is 0 Å². The highest BCUT2D eigenvalue weighted by Gasteiger charge is 2.53. The van der Waals surface area contributed by atoms with Gasteiger partial charge in [0.15, 0.2) is 0 Å². The lowest BCUT2D eigenvalue weighted by Gasteiger charge is -2.31. The smallest absolute Gasteiger partial charge is 0.0897 e. The van der Waals surface area contributed by atoms with E-state index in [4.69, 9.17) is 4.74 Å². The van der Waals surface area contributed by atoms with Crippen molar-refractivity contribution in [1.29, 1.82) is 0 Å². The maximum atomic E-state index is 10.1. The minimum Gasteiger partial charge on any atom is -0.389 e. The molecule has 0 radical (unpaired) electrons. The number of hydrogen-bond acceptors (Lipinski definition) is 3. The van der Waals surface area contributed by atoms with Crippen LogP contribution in [0.5, 0.6) is 0 Å². The summed E-state index contributed by atoms with van der Waals surface area (Å²) in [4.78, 5) is 0. The first-order valence-electron chi connectivity index (χ1n) is 9.24. The first kappa shape index (κ1) is 15.8. The topological polar surface area (TPSA) is 41.5 Å². The first-order chi connectivity index (χ1) is 10.2. The predicted octanol–water partition coefficient (Wildman–Crippen LogP) is 3.11. The van der Waals surface area contributed by atoms with E-state index in [1.165, 1.54) is 57.8 Å². The number of nitrogens with one attached hydrogen (secondary N) is 1. The molecule has 3 atom stereocenters. The standard InChI is InChI=1S/C18H33NO2/c1-2-14-5-3-4-6-17(14)21-12-16(20)11-19-13-18(9-10-18)15-7-8-15/h14-17,19-20H,2-13H2,1H3. The molecule has 0 aliphatic heterocycles. The third kappa shape index (κ3) is 4.20. The van der Waals surface area contributed by atoms with E-state index in [0.717, 1.165) is 12.5 Å². The van der Waals surface area contributed by atoms with E-state index in [1.807, 2.05) is 0 Å². The largest absolute Gasteiger partial charge is 0.389 e. The third-order valence-corrected chi connectivity index (χ3v) is 6.06. The van der Waals surface area contributed by atoms with Gasteiger partial charge in [0.25, 0.3) is 0 Å². The van der Waals surface area contributed by atoms with E-state index in [9.17, 15) is 5.11 Å². The Balaban J connectivity index is 1.29. The lowest BCUT2D eigenvalue weighted by molar-refractivity contribution is -0.0500. The molecule has 0 aromatic heterocycles. The zero-order valence-corrected chi connectivity index (χ0v) is 13.7. The molecule has 0 bridgehead atoms. The van der Waals surface area contributed by atoms with Crippen LogP contribution in [-0.2, 0) is 4.74 Å². The monoisotopic (exact) mass is 295 g/mol. The average molecular weight is 295 g/mol. The zero-order chi connectivity index (χ0) is 14.7. The summed E-state index contributed by atoms with van der Waals surface area (Å²) in [5.74, 6) is 1.70. The average Bonchev–Trinajstić information content (AvgIpc) is 3.37. The Labute approximate surface area is 129 Å². The molecule has 3 unspecified atom stereocenters. The fourth-order valence-electron chi connectivity index (χ4n) is 4.23. The van der Waals surface area contributed by atoms with Gasteiger partial charge in [-0.25, -0.2) is 0 Å². The summed E-state index contributed by atoms with van der Waals surface area (Å²) in [7, 11) is 0. The van der Waals surface area contributed by atoms with Crippen LogP contribution in [0.15, 0.2) is 0 Å². The van der Waals surface area contributed by atoms with Crippen LogP contribution >= 0.6 is 0 Å². The lowest BCUT2D eigenvalue weighted by atomic mass is 9.85. The van der Waals surface area contributed by atoms with Gasteiger partial charge in [-0.15, -0.1) is 0 Å². The molecule has 3 aliphatic rings. The molecular weight excluding hydrogens is 262 g/mol. The highest BCUT2D eigenvalue weighted by molar-refractivity contribution is 5.05. The molecule has 0 heterocycles. The highest BCUT2D eigenvalue weighted by atomic mass is 16.5. The molecule has 0 saturated heterocycles. The normalized spacial score (nSPS) is 32.9. The SMILES string of the molecule is CCC1CCCCC1OCC(O)CNCC1(C2CC2)CC1. The van der Waals surface area contributed by atoms with Gasteiger partial charge in [-0.1, -0.05) is 26.2 Å². The molecule has 3 fully saturated rings. The molecule has 122 valence electrons. The van der Waals surface area contributed by atoms with E-state index in [-0.39, 0.29) is 6.10 Å². The van der Waals surface area contributed by atoms with Crippen LogP contribution < -0.4 is 5.32 Å². The third-order valence-electron chi connectivity index (χ3n) is 6.06. The number of ether oxygens (including phenoxy) is 1. The maximum Gasteiger partial charge on any atom is 0.0897 e. The molecular formula is C18H33NO2. The second-order valence-electron chi connectivity index (χ2n) is 7.75. The van der Waals surface area contributed by atoms with Crippen molar-refractivity contribution in [3.8, 4) is 0 Å². The van der Waals surface area contributed by atoms with Crippen molar-refractivity contribution in [2.45, 2.75) is 76.9 Å². The number of aliphatic hydroxyl groups is 1. The fraction of sp³-hybridized carbons (Fsp3) is 1.00. The summed E-state index contributed by atoms with van der Waals surface area (Å²) in [5, 5.41) is 13.6. The molecule has 3 heteroatoms. The van der Waals surface area contributed by atoms with E-state index in [2.05, 4.69) is 12.2 Å². The van der Waals surface area contributed by atoms with E-state index in [0.29, 0.717) is 30.6 Å². The van der Waals surface area contributed by atoms with Crippen LogP contribution in [0.3, 0.4) is 0 Å². The van der Waals surface area contributed by atoms with Crippen LogP contribution in [-0.4, -0.2) is 37.0 Å². The second-order valence-corrected chi connectivity index (χ2v) is 7.75. The van der Waals surface area contributed by atoms with Crippen molar-refractivity contribution in [1.82, 2.24) is 5.32 Å². The Bertz CT molecular complexity index is 325. The van der Waals surface area contributed by atoms with Crippen molar-refractivity contribution in [3.63, 3.8) is 0 Å². The molecule has 3 saturated carbocycles. The lowest BCUT2D eigenvalue weighted by Crippen LogP contribution is -2.37. The molecule has 0 amide bonds. The molecule has 0 aromatic rings. The Hall–Kier alpha value is -0.120. The first-order valence-corrected chi connectivity index (χ1v) is 9.24. The molecule has 2 N–H and O–H groups in total. The molecule has 0 aromatic carbocycles. The Morgan fingerprint density at radius 3 is 2.62 bits per heavy atom. The van der Waals surface area contributed by atoms with Gasteiger partial charge in [0.2, 0.25) is 0 Å². The second kappa shape index (κ2) is 6.97. The predicted molar refractivity (Wildman–Crippen MR) is 85.3 cm³/mol. The van der Waals surface area contributed by atoms with Crippen LogP contribution in [0, 0.1) is 17.3 Å². The van der Waals surface area contributed by atoms with Crippen LogP contribution in [0.25, 0.3) is 0 Å². The molecule has 3 aliphatic carbocycles. The van der Waals surface area contributed by atoms with Crippen molar-refractivity contribution in [2.24, 2.45) is 17.3 Å². The van der Waals surface area contributed by atoms with Gasteiger partial charge >= 0.3 is 0 Å². The van der Waals surface area contributed by atoms with Gasteiger partial charge in [-0.05, 0) is 55.8 Å². The maximum absolute atomic E-state index is 10.1. The zero-order valence-electron chi connectivity index (χ0n) is 13.7. The van der Waals surface area contributed by atoms with Crippen LogP contribution in [0.2, 0.25) is 0 Å². The Kier molecular flexibility index (Phi) is 5.23. The summed E-state index contributed by atoms with van der Waals surface area (Å²) < 4.78 is 6.02. The van der Waals surface area contributed by atoms with E-state index >= 15 is 0 Å². The molecule has 3 rings (SSSR count). The van der Waals surface area contributed by atoms with Gasteiger partial charge in [0.05, 0.1) is 18.8 Å². The van der Waals surface area contributed by atoms with Gasteiger partial charge < -0.3 is 15.2 Å². The minimum atomic E-state index is -0.348. The number of aliphatic hydroxyl groups excluding tert-OH is 1. The van der Waals surface area contributed by atoms with Crippen molar-refractivity contribution >= 4 is 0 Å². The van der Waals surface area contributed by atoms with Crippen molar-refractivity contribution in [2.75, 3.05) is 19.7 Å². The molecule has 0 spiro atoms.